The molecule has 2 N–H and O–H groups in total. The third kappa shape index (κ3) is 2.86. The molecule has 0 saturated carbocycles. The summed E-state index contributed by atoms with van der Waals surface area (Å²) in [6.07, 6.45) is 0.667. The number of halogens is 1. The van der Waals surface area contributed by atoms with Crippen molar-refractivity contribution in [1.29, 1.82) is 0 Å². The molecule has 0 unspecified atom stereocenters. The molecule has 0 spiro atoms. The molecule has 1 heterocycles. The van der Waals surface area contributed by atoms with E-state index in [0.29, 0.717) is 18.0 Å². The van der Waals surface area contributed by atoms with Gasteiger partial charge in [0.1, 0.15) is 17.3 Å². The summed E-state index contributed by atoms with van der Waals surface area (Å²) in [6, 6.07) is -0.673. The van der Waals surface area contributed by atoms with E-state index in [9.17, 15) is 4.79 Å². The van der Waals surface area contributed by atoms with Crippen LogP contribution in [0.1, 0.15) is 12.8 Å². The molecule has 1 aliphatic rings. The summed E-state index contributed by atoms with van der Waals surface area (Å²) in [6.45, 7) is 0. The van der Waals surface area contributed by atoms with Crippen LogP contribution in [0.3, 0.4) is 0 Å². The van der Waals surface area contributed by atoms with E-state index in [0.717, 1.165) is 0 Å². The summed E-state index contributed by atoms with van der Waals surface area (Å²) >= 11 is 5.57. The van der Waals surface area contributed by atoms with Gasteiger partial charge in [-0.05, 0) is 0 Å². The fraction of sp³-hybridized carbons (Fsp3) is 0.714. The molecule has 13 heavy (non-hydrogen) atoms. The fourth-order valence-electron chi connectivity index (χ4n) is 1.05. The molecule has 1 rings (SSSR count). The van der Waals surface area contributed by atoms with E-state index < -0.39 is 12.0 Å². The number of hydrogen-bond acceptors (Lipinski definition) is 5. The highest BCUT2D eigenvalue weighted by Crippen LogP contribution is 2.17. The van der Waals surface area contributed by atoms with E-state index in [-0.39, 0.29) is 6.10 Å². The minimum Gasteiger partial charge on any atom is -0.468 e. The first-order valence-corrected chi connectivity index (χ1v) is 4.23. The number of carbonyl (C=O) groups is 1. The van der Waals surface area contributed by atoms with E-state index in [1.165, 1.54) is 7.11 Å². The maximum absolute atomic E-state index is 10.9. The fourth-order valence-corrected chi connectivity index (χ4v) is 1.26. The predicted octanol–water partition coefficient (Wildman–Crippen LogP) is 0.218. The molecular formula is C7H11ClN2O3. The molecule has 1 aliphatic heterocycles. The van der Waals surface area contributed by atoms with Gasteiger partial charge in [-0.1, -0.05) is 16.8 Å². The van der Waals surface area contributed by atoms with Crippen LogP contribution in [0.4, 0.5) is 0 Å². The van der Waals surface area contributed by atoms with E-state index in [1.807, 2.05) is 0 Å². The van der Waals surface area contributed by atoms with Crippen LogP contribution in [0.15, 0.2) is 5.16 Å². The highest BCUT2D eigenvalue weighted by Gasteiger charge is 2.25. The summed E-state index contributed by atoms with van der Waals surface area (Å²) in [5.74, 6) is -0.452. The van der Waals surface area contributed by atoms with E-state index in [2.05, 4.69) is 9.89 Å². The number of oxime groups is 1. The molecule has 0 aromatic rings. The van der Waals surface area contributed by atoms with Crippen molar-refractivity contribution in [3.63, 3.8) is 0 Å². The molecule has 0 aromatic heterocycles. The summed E-state index contributed by atoms with van der Waals surface area (Å²) in [5.41, 5.74) is 5.50. The zero-order chi connectivity index (χ0) is 9.84. The summed E-state index contributed by atoms with van der Waals surface area (Å²) in [7, 11) is 1.29. The molecular weight excluding hydrogens is 196 g/mol. The van der Waals surface area contributed by atoms with Crippen LogP contribution in [0.25, 0.3) is 0 Å². The molecule has 0 amide bonds. The minimum atomic E-state index is -0.673. The zero-order valence-electron chi connectivity index (χ0n) is 7.20. The SMILES string of the molecule is COC(=O)[C@@H](N)C[C@H]1CC(Cl)=NO1. The Bertz CT molecular complexity index is 232. The molecule has 0 bridgehead atoms. The van der Waals surface area contributed by atoms with Crippen LogP contribution in [0, 0.1) is 0 Å². The lowest BCUT2D eigenvalue weighted by Gasteiger charge is -2.12. The number of nitrogens with two attached hydrogens (primary N) is 1. The molecule has 2 atom stereocenters. The van der Waals surface area contributed by atoms with Crippen LogP contribution >= 0.6 is 11.6 Å². The number of ether oxygens (including phenoxy) is 1. The highest BCUT2D eigenvalue weighted by molar-refractivity contribution is 6.65. The van der Waals surface area contributed by atoms with Crippen molar-refractivity contribution in [3.8, 4) is 0 Å². The first kappa shape index (κ1) is 10.3. The lowest BCUT2D eigenvalue weighted by molar-refractivity contribution is -0.143. The lowest BCUT2D eigenvalue weighted by atomic mass is 10.1. The average Bonchev–Trinajstić information content (AvgIpc) is 2.49. The Morgan fingerprint density at radius 3 is 3.15 bits per heavy atom. The van der Waals surface area contributed by atoms with Crippen molar-refractivity contribution in [2.75, 3.05) is 7.11 Å². The molecule has 0 saturated heterocycles. The summed E-state index contributed by atoms with van der Waals surface area (Å²) < 4.78 is 4.46. The molecule has 74 valence electrons. The molecule has 5 nitrogen and oxygen atoms in total. The highest BCUT2D eigenvalue weighted by atomic mass is 35.5. The zero-order valence-corrected chi connectivity index (χ0v) is 7.95. The van der Waals surface area contributed by atoms with Gasteiger partial charge in [-0.2, -0.15) is 0 Å². The van der Waals surface area contributed by atoms with Crippen molar-refractivity contribution in [2.45, 2.75) is 25.0 Å². The first-order valence-electron chi connectivity index (χ1n) is 3.85. The number of rotatable bonds is 3. The lowest BCUT2D eigenvalue weighted by Crippen LogP contribution is -2.35. The van der Waals surface area contributed by atoms with E-state index in [1.54, 1.807) is 0 Å². The van der Waals surface area contributed by atoms with Crippen LogP contribution in [-0.2, 0) is 14.4 Å². The number of esters is 1. The topological polar surface area (TPSA) is 73.9 Å². The molecule has 0 fully saturated rings. The Balaban J connectivity index is 2.30. The summed E-state index contributed by atoms with van der Waals surface area (Å²) in [5, 5.41) is 3.93. The normalized spacial score (nSPS) is 23.3. The van der Waals surface area contributed by atoms with Gasteiger partial charge in [-0.25, -0.2) is 0 Å². The van der Waals surface area contributed by atoms with E-state index >= 15 is 0 Å². The predicted molar refractivity (Wildman–Crippen MR) is 47.4 cm³/mol. The van der Waals surface area contributed by atoms with Gasteiger partial charge in [-0.3, -0.25) is 4.79 Å². The van der Waals surface area contributed by atoms with Crippen LogP contribution in [-0.4, -0.2) is 30.4 Å². The van der Waals surface area contributed by atoms with Gasteiger partial charge in [0.25, 0.3) is 0 Å². The van der Waals surface area contributed by atoms with Gasteiger partial charge >= 0.3 is 5.97 Å². The van der Waals surface area contributed by atoms with Crippen LogP contribution in [0.2, 0.25) is 0 Å². The van der Waals surface area contributed by atoms with Crippen molar-refractivity contribution >= 4 is 22.7 Å². The van der Waals surface area contributed by atoms with E-state index in [4.69, 9.17) is 22.2 Å². The average molecular weight is 207 g/mol. The summed E-state index contributed by atoms with van der Waals surface area (Å²) in [4.78, 5) is 15.8. The van der Waals surface area contributed by atoms with Crippen molar-refractivity contribution in [1.82, 2.24) is 0 Å². The third-order valence-corrected chi connectivity index (χ3v) is 1.94. The second-order valence-corrected chi connectivity index (χ2v) is 3.20. The molecule has 0 aromatic carbocycles. The van der Waals surface area contributed by atoms with Crippen molar-refractivity contribution < 1.29 is 14.4 Å². The van der Waals surface area contributed by atoms with Crippen molar-refractivity contribution in [2.24, 2.45) is 10.9 Å². The van der Waals surface area contributed by atoms with Crippen molar-refractivity contribution in [3.05, 3.63) is 0 Å². The first-order chi connectivity index (χ1) is 6.13. The minimum absolute atomic E-state index is 0.207. The number of nitrogens with zero attached hydrogens (tertiary/aromatic N) is 1. The maximum atomic E-state index is 10.9. The Kier molecular flexibility index (Phi) is 3.50. The standard InChI is InChI=1S/C7H11ClN2O3/c1-12-7(11)5(9)2-4-3-6(8)10-13-4/h4-5H,2-3,9H2,1H3/t4-,5-/m0/s1. The smallest absolute Gasteiger partial charge is 0.322 e. The number of hydrogen-bond donors (Lipinski definition) is 1. The van der Waals surface area contributed by atoms with Gasteiger partial charge in [-0.15, -0.1) is 0 Å². The second kappa shape index (κ2) is 4.43. The second-order valence-electron chi connectivity index (χ2n) is 2.76. The number of methoxy groups -OCH3 is 1. The van der Waals surface area contributed by atoms with Crippen LogP contribution in [0.5, 0.6) is 0 Å². The molecule has 6 heteroatoms. The van der Waals surface area contributed by atoms with Gasteiger partial charge in [0, 0.05) is 12.8 Å². The van der Waals surface area contributed by atoms with Gasteiger partial charge < -0.3 is 15.3 Å². The third-order valence-electron chi connectivity index (χ3n) is 1.72. The quantitative estimate of drug-likeness (QED) is 0.671. The Morgan fingerprint density at radius 1 is 2.00 bits per heavy atom. The van der Waals surface area contributed by atoms with Gasteiger partial charge in [0.05, 0.1) is 7.11 Å². The van der Waals surface area contributed by atoms with Gasteiger partial charge in [0.2, 0.25) is 0 Å². The molecule has 0 aliphatic carbocycles. The Labute approximate surface area is 80.8 Å². The Hall–Kier alpha value is -0.810. The Morgan fingerprint density at radius 2 is 2.69 bits per heavy atom. The largest absolute Gasteiger partial charge is 0.468 e. The van der Waals surface area contributed by atoms with Crippen LogP contribution < -0.4 is 5.73 Å². The molecule has 0 radical (unpaired) electrons. The maximum Gasteiger partial charge on any atom is 0.322 e. The monoisotopic (exact) mass is 206 g/mol. The van der Waals surface area contributed by atoms with Gasteiger partial charge in [0.15, 0.2) is 0 Å². The number of carbonyl (C=O) groups excluding carboxylic acids is 1.